The van der Waals surface area contributed by atoms with Gasteiger partial charge in [0.05, 0.1) is 25.1 Å². The minimum Gasteiger partial charge on any atom is -0.468 e. The number of esters is 1. The molecule has 2 heterocycles. The lowest BCUT2D eigenvalue weighted by Gasteiger charge is -2.24. The third-order valence-corrected chi connectivity index (χ3v) is 6.88. The van der Waals surface area contributed by atoms with Gasteiger partial charge in [0.2, 0.25) is 0 Å². The molecular formula is C28H35N5O4. The number of hydrogen-bond donors (Lipinski definition) is 2. The molecule has 2 aromatic carbocycles. The number of primary amides is 1. The zero-order chi connectivity index (χ0) is 26.2. The third kappa shape index (κ3) is 6.36. The second kappa shape index (κ2) is 12.5. The predicted octanol–water partition coefficient (Wildman–Crippen LogP) is 3.52. The highest BCUT2D eigenvalue weighted by Gasteiger charge is 2.33. The van der Waals surface area contributed by atoms with E-state index in [2.05, 4.69) is 39.6 Å². The number of nitrogens with two attached hydrogens (primary N) is 1. The summed E-state index contributed by atoms with van der Waals surface area (Å²) in [6, 6.07) is 19.3. The van der Waals surface area contributed by atoms with Crippen LogP contribution in [0.5, 0.6) is 0 Å². The van der Waals surface area contributed by atoms with Gasteiger partial charge >= 0.3 is 12.0 Å². The number of anilines is 1. The molecule has 5 rings (SSSR count). The topological polar surface area (TPSA) is 112 Å². The number of benzene rings is 2. The Bertz CT molecular complexity index is 1180. The van der Waals surface area contributed by atoms with Crippen LogP contribution in [-0.4, -0.2) is 66.6 Å². The van der Waals surface area contributed by atoms with E-state index in [0.717, 1.165) is 55.7 Å². The molecule has 1 saturated heterocycles. The summed E-state index contributed by atoms with van der Waals surface area (Å²) in [7, 11) is 3.04. The highest BCUT2D eigenvalue weighted by atomic mass is 16.5. The maximum absolute atomic E-state index is 11.8. The van der Waals surface area contributed by atoms with E-state index < -0.39 is 6.03 Å². The molecule has 0 bridgehead atoms. The first-order chi connectivity index (χ1) is 18.0. The molecule has 2 atom stereocenters. The third-order valence-electron chi connectivity index (χ3n) is 6.88. The van der Waals surface area contributed by atoms with Crippen molar-refractivity contribution in [3.63, 3.8) is 0 Å². The average Bonchev–Trinajstić information content (AvgIpc) is 3.66. The van der Waals surface area contributed by atoms with Crippen LogP contribution in [0, 0.1) is 0 Å². The van der Waals surface area contributed by atoms with Crippen LogP contribution in [0.2, 0.25) is 0 Å². The molecule has 3 aromatic rings. The van der Waals surface area contributed by atoms with E-state index in [1.807, 2.05) is 36.4 Å². The Hall–Kier alpha value is -3.69. The van der Waals surface area contributed by atoms with E-state index in [9.17, 15) is 9.59 Å². The van der Waals surface area contributed by atoms with Gasteiger partial charge in [0.1, 0.15) is 11.9 Å². The van der Waals surface area contributed by atoms with Gasteiger partial charge in [-0.2, -0.15) is 5.10 Å². The Morgan fingerprint density at radius 3 is 2.43 bits per heavy atom. The van der Waals surface area contributed by atoms with Gasteiger partial charge in [-0.1, -0.05) is 48.5 Å². The van der Waals surface area contributed by atoms with E-state index >= 15 is 0 Å². The molecule has 2 aliphatic rings. The van der Waals surface area contributed by atoms with Crippen molar-refractivity contribution < 1.29 is 19.1 Å². The summed E-state index contributed by atoms with van der Waals surface area (Å²) in [5.74, 6) is 0.988. The number of aromatic nitrogens is 2. The second-order valence-corrected chi connectivity index (χ2v) is 9.25. The van der Waals surface area contributed by atoms with Gasteiger partial charge in [0.25, 0.3) is 0 Å². The highest BCUT2D eigenvalue weighted by molar-refractivity contribution is 5.88. The van der Waals surface area contributed by atoms with E-state index in [1.54, 1.807) is 11.8 Å². The van der Waals surface area contributed by atoms with Crippen molar-refractivity contribution in [3.8, 4) is 5.69 Å². The zero-order valence-corrected chi connectivity index (χ0v) is 21.4. The van der Waals surface area contributed by atoms with Gasteiger partial charge in [-0.25, -0.2) is 9.48 Å². The minimum absolute atomic E-state index is 0.212. The summed E-state index contributed by atoms with van der Waals surface area (Å²) in [4.78, 5) is 25.1. The van der Waals surface area contributed by atoms with Crippen molar-refractivity contribution in [2.24, 2.45) is 5.73 Å². The molecule has 3 N–H and O–H groups in total. The molecule has 2 amide bonds. The summed E-state index contributed by atoms with van der Waals surface area (Å²) >= 11 is 0. The van der Waals surface area contributed by atoms with E-state index in [4.69, 9.17) is 15.2 Å². The smallest absolute Gasteiger partial charge is 0.325 e. The quantitative estimate of drug-likeness (QED) is 0.475. The van der Waals surface area contributed by atoms with Crippen LogP contribution in [0.15, 0.2) is 60.7 Å². The molecule has 1 fully saturated rings. The molecule has 0 spiro atoms. The lowest BCUT2D eigenvalue weighted by Crippen LogP contribution is -2.43. The predicted molar refractivity (Wildman–Crippen MR) is 142 cm³/mol. The lowest BCUT2D eigenvalue weighted by molar-refractivity contribution is -0.148. The number of fused-ring (bicyclic) bond motifs is 1. The molecule has 0 radical (unpaired) electrons. The Labute approximate surface area is 217 Å². The van der Waals surface area contributed by atoms with Crippen LogP contribution < -0.4 is 11.1 Å². The van der Waals surface area contributed by atoms with Crippen molar-refractivity contribution in [3.05, 3.63) is 77.5 Å². The molecule has 1 aromatic heterocycles. The molecule has 1 aliphatic heterocycles. The Balaban J connectivity index is 0.000000173. The fraction of sp³-hybridized carbons (Fsp3) is 0.393. The van der Waals surface area contributed by atoms with Gasteiger partial charge in [-0.05, 0) is 55.8 Å². The largest absolute Gasteiger partial charge is 0.468 e. The summed E-state index contributed by atoms with van der Waals surface area (Å²) in [6.45, 7) is 2.17. The number of para-hydroxylation sites is 1. The van der Waals surface area contributed by atoms with Crippen molar-refractivity contribution >= 4 is 17.8 Å². The normalized spacial score (nSPS) is 17.4. The number of rotatable bonds is 7. The van der Waals surface area contributed by atoms with Crippen LogP contribution in [-0.2, 0) is 27.1 Å². The molecule has 1 aliphatic carbocycles. The number of carbonyl (C=O) groups is 2. The molecule has 1 unspecified atom stereocenters. The number of hydrogen-bond acceptors (Lipinski definition) is 6. The number of likely N-dealkylation sites (tertiary alicyclic amines) is 1. The minimum atomic E-state index is -0.554. The van der Waals surface area contributed by atoms with Gasteiger partial charge in [-0.15, -0.1) is 0 Å². The lowest BCUT2D eigenvalue weighted by atomic mass is 9.99. The zero-order valence-electron chi connectivity index (χ0n) is 21.4. The maximum Gasteiger partial charge on any atom is 0.325 e. The van der Waals surface area contributed by atoms with E-state index in [-0.39, 0.29) is 12.0 Å². The van der Waals surface area contributed by atoms with Crippen molar-refractivity contribution in [2.45, 2.75) is 37.6 Å². The first-order valence-corrected chi connectivity index (χ1v) is 12.6. The number of nitrogens with one attached hydrogen (secondary N) is 1. The van der Waals surface area contributed by atoms with Crippen LogP contribution in [0.3, 0.4) is 0 Å². The monoisotopic (exact) mass is 505 g/mol. The summed E-state index contributed by atoms with van der Waals surface area (Å²) < 4.78 is 11.8. The van der Waals surface area contributed by atoms with Gasteiger partial charge in [0.15, 0.2) is 0 Å². The number of nitrogens with zero attached hydrogens (tertiary/aromatic N) is 3. The number of amides is 2. The molecule has 196 valence electrons. The van der Waals surface area contributed by atoms with Crippen LogP contribution in [0.1, 0.15) is 35.6 Å². The Morgan fingerprint density at radius 1 is 1.08 bits per heavy atom. The van der Waals surface area contributed by atoms with E-state index in [0.29, 0.717) is 18.3 Å². The standard InChI is InChI=1S/C15H21NO3.C13H14N4O/c1-18-11-14(15(17)19-2)16-9-8-13(10-16)12-6-4-3-5-7-12;14-13(18)15-12-10-7-4-8-11(10)16-17(12)9-5-2-1-3-6-9/h3-7,13-14H,8-11H2,1-2H3;1-3,5-6H,4,7-8H2,(H3,14,15,18)/t13-,14?;/m0./s1. The van der Waals surface area contributed by atoms with Crippen molar-refractivity contribution in [2.75, 3.05) is 39.2 Å². The first kappa shape index (κ1) is 26.4. The average molecular weight is 506 g/mol. The number of aryl methyl sites for hydroxylation is 1. The van der Waals surface area contributed by atoms with E-state index in [1.165, 1.54) is 12.7 Å². The number of carbonyl (C=O) groups excluding carboxylic acids is 2. The van der Waals surface area contributed by atoms with Crippen LogP contribution in [0.25, 0.3) is 5.69 Å². The first-order valence-electron chi connectivity index (χ1n) is 12.6. The van der Waals surface area contributed by atoms with Crippen LogP contribution >= 0.6 is 0 Å². The SMILES string of the molecule is COCC(C(=O)OC)N1CC[C@H](c2ccccc2)C1.NC(=O)Nc1c2c(nn1-c1ccccc1)CCC2. The number of methoxy groups -OCH3 is 2. The summed E-state index contributed by atoms with van der Waals surface area (Å²) in [6.07, 6.45) is 4.06. The highest BCUT2D eigenvalue weighted by Crippen LogP contribution is 2.31. The van der Waals surface area contributed by atoms with Gasteiger partial charge < -0.3 is 15.2 Å². The van der Waals surface area contributed by atoms with Crippen molar-refractivity contribution in [1.82, 2.24) is 14.7 Å². The Morgan fingerprint density at radius 2 is 1.78 bits per heavy atom. The van der Waals surface area contributed by atoms with Crippen LogP contribution in [0.4, 0.5) is 10.6 Å². The second-order valence-electron chi connectivity index (χ2n) is 9.25. The Kier molecular flexibility index (Phi) is 8.92. The number of ether oxygens (including phenoxy) is 2. The summed E-state index contributed by atoms with van der Waals surface area (Å²) in [5.41, 5.74) is 9.67. The van der Waals surface area contributed by atoms with Crippen molar-refractivity contribution in [1.29, 1.82) is 0 Å². The molecule has 0 saturated carbocycles. The molecule has 9 heteroatoms. The molecule has 37 heavy (non-hydrogen) atoms. The number of urea groups is 1. The fourth-order valence-electron chi connectivity index (χ4n) is 5.08. The maximum atomic E-state index is 11.8. The molecular weight excluding hydrogens is 470 g/mol. The molecule has 9 nitrogen and oxygen atoms in total. The van der Waals surface area contributed by atoms with Gasteiger partial charge in [-0.3, -0.25) is 15.0 Å². The fourth-order valence-corrected chi connectivity index (χ4v) is 5.08. The van der Waals surface area contributed by atoms with Gasteiger partial charge in [0, 0.05) is 19.2 Å². The summed E-state index contributed by atoms with van der Waals surface area (Å²) in [5, 5.41) is 7.25.